The summed E-state index contributed by atoms with van der Waals surface area (Å²) in [4.78, 5) is 17.3. The molecule has 1 atom stereocenters. The molecule has 2 aromatic rings. The molecule has 5 nitrogen and oxygen atoms in total. The van der Waals surface area contributed by atoms with Crippen LogP contribution in [0.3, 0.4) is 0 Å². The van der Waals surface area contributed by atoms with Gasteiger partial charge in [0.05, 0.1) is 5.02 Å². The van der Waals surface area contributed by atoms with Crippen molar-refractivity contribution in [1.82, 2.24) is 10.3 Å². The number of nitrogens with zero attached hydrogens (tertiary/aromatic N) is 1. The Kier molecular flexibility index (Phi) is 7.49. The van der Waals surface area contributed by atoms with Gasteiger partial charge in [0.2, 0.25) is 0 Å². The Morgan fingerprint density at radius 3 is 2.81 bits per heavy atom. The number of benzene rings is 1. The number of carbonyl (C=O) groups is 1. The Balaban J connectivity index is 1.42. The molecule has 0 aliphatic carbocycles. The quantitative estimate of drug-likeness (QED) is 0.605. The van der Waals surface area contributed by atoms with Crippen molar-refractivity contribution >= 4 is 23.1 Å². The maximum absolute atomic E-state index is 12.9. The number of ether oxygens (including phenoxy) is 1. The fourth-order valence-electron chi connectivity index (χ4n) is 4.53. The van der Waals surface area contributed by atoms with E-state index in [9.17, 15) is 4.79 Å². The standard InChI is InChI=1S/C26H34ClN3O2/c1-26(2)9-6-20(16-30-26)25(31)14-22-13-23(24(27)17-29-22)19-4-3-5-21(12-19)28-15-18-7-10-32-11-8-18/h3-5,12-13,17-18,20,28,30H,6-11,14-16H2,1-2H3/t20-/m1/s1. The summed E-state index contributed by atoms with van der Waals surface area (Å²) in [5.41, 5.74) is 3.92. The maximum atomic E-state index is 12.9. The molecule has 2 N–H and O–H groups in total. The van der Waals surface area contributed by atoms with Gasteiger partial charge >= 0.3 is 0 Å². The number of Topliss-reactive ketones (excluding diaryl/α,β-unsaturated/α-hetero) is 1. The number of rotatable bonds is 7. The lowest BCUT2D eigenvalue weighted by molar-refractivity contribution is -0.123. The number of carbonyl (C=O) groups excluding carboxylic acids is 1. The lowest BCUT2D eigenvalue weighted by Crippen LogP contribution is -2.48. The SMILES string of the molecule is CC1(C)CC[C@@H](C(=O)Cc2cc(-c3cccc(NCC4CCOCC4)c3)c(Cl)cn2)CN1. The minimum atomic E-state index is 0.0571. The summed E-state index contributed by atoms with van der Waals surface area (Å²) in [5, 5.41) is 7.65. The summed E-state index contributed by atoms with van der Waals surface area (Å²) in [6.07, 6.45) is 6.17. The molecule has 3 heterocycles. The molecule has 1 aromatic heterocycles. The van der Waals surface area contributed by atoms with E-state index in [1.54, 1.807) is 6.20 Å². The number of hydrogen-bond donors (Lipinski definition) is 2. The number of halogens is 1. The fraction of sp³-hybridized carbons (Fsp3) is 0.538. The van der Waals surface area contributed by atoms with Crippen molar-refractivity contribution < 1.29 is 9.53 Å². The van der Waals surface area contributed by atoms with Gasteiger partial charge in [-0.25, -0.2) is 0 Å². The first-order chi connectivity index (χ1) is 15.4. The molecule has 4 rings (SSSR count). The first kappa shape index (κ1) is 23.2. The molecule has 2 aliphatic heterocycles. The smallest absolute Gasteiger partial charge is 0.143 e. The van der Waals surface area contributed by atoms with Crippen molar-refractivity contribution in [2.24, 2.45) is 11.8 Å². The van der Waals surface area contributed by atoms with Gasteiger partial charge in [-0.05, 0) is 69.2 Å². The largest absolute Gasteiger partial charge is 0.385 e. The van der Waals surface area contributed by atoms with Crippen molar-refractivity contribution in [3.63, 3.8) is 0 Å². The zero-order valence-corrected chi connectivity index (χ0v) is 19.9. The average Bonchev–Trinajstić information content (AvgIpc) is 2.80. The Morgan fingerprint density at radius 2 is 2.06 bits per heavy atom. The molecule has 2 fully saturated rings. The van der Waals surface area contributed by atoms with Crippen LogP contribution in [0, 0.1) is 11.8 Å². The third-order valence-corrected chi connectivity index (χ3v) is 7.08. The van der Waals surface area contributed by atoms with Crippen LogP contribution in [0.15, 0.2) is 36.5 Å². The molecule has 32 heavy (non-hydrogen) atoms. The highest BCUT2D eigenvalue weighted by Gasteiger charge is 2.30. The summed E-state index contributed by atoms with van der Waals surface area (Å²) in [6.45, 7) is 7.78. The highest BCUT2D eigenvalue weighted by molar-refractivity contribution is 6.33. The molecule has 0 unspecified atom stereocenters. The molecular formula is C26H34ClN3O2. The minimum Gasteiger partial charge on any atom is -0.385 e. The van der Waals surface area contributed by atoms with Gasteiger partial charge in [-0.2, -0.15) is 0 Å². The van der Waals surface area contributed by atoms with Gasteiger partial charge in [0, 0.05) is 67.3 Å². The van der Waals surface area contributed by atoms with Gasteiger partial charge in [0.15, 0.2) is 0 Å². The third-order valence-electron chi connectivity index (χ3n) is 6.78. The number of hydrogen-bond acceptors (Lipinski definition) is 5. The van der Waals surface area contributed by atoms with E-state index >= 15 is 0 Å². The highest BCUT2D eigenvalue weighted by atomic mass is 35.5. The summed E-state index contributed by atoms with van der Waals surface area (Å²) in [5.74, 6) is 0.955. The Hall–Kier alpha value is -1.95. The summed E-state index contributed by atoms with van der Waals surface area (Å²) >= 11 is 6.51. The Bertz CT molecular complexity index is 930. The van der Waals surface area contributed by atoms with Crippen molar-refractivity contribution in [2.45, 2.75) is 51.5 Å². The molecule has 2 aliphatic rings. The number of pyridine rings is 1. The van der Waals surface area contributed by atoms with Crippen molar-refractivity contribution in [2.75, 3.05) is 31.6 Å². The minimum absolute atomic E-state index is 0.0571. The third kappa shape index (κ3) is 6.09. The molecule has 0 radical (unpaired) electrons. The molecule has 0 amide bonds. The lowest BCUT2D eigenvalue weighted by Gasteiger charge is -2.35. The van der Waals surface area contributed by atoms with Crippen LogP contribution in [0.1, 0.15) is 45.2 Å². The van der Waals surface area contributed by atoms with Crippen LogP contribution in [-0.2, 0) is 16.0 Å². The van der Waals surface area contributed by atoms with E-state index in [4.69, 9.17) is 16.3 Å². The van der Waals surface area contributed by atoms with Gasteiger partial charge in [-0.3, -0.25) is 9.78 Å². The molecular weight excluding hydrogens is 422 g/mol. The van der Waals surface area contributed by atoms with Crippen LogP contribution in [0.5, 0.6) is 0 Å². The van der Waals surface area contributed by atoms with E-state index in [1.807, 2.05) is 12.1 Å². The van der Waals surface area contributed by atoms with Gasteiger partial charge < -0.3 is 15.4 Å². The Labute approximate surface area is 196 Å². The average molecular weight is 456 g/mol. The molecule has 6 heteroatoms. The number of piperidine rings is 1. The fourth-order valence-corrected chi connectivity index (χ4v) is 4.74. The highest BCUT2D eigenvalue weighted by Crippen LogP contribution is 2.31. The normalized spacial score (nSPS) is 21.3. The molecule has 0 bridgehead atoms. The van der Waals surface area contributed by atoms with E-state index in [0.717, 1.165) is 74.5 Å². The van der Waals surface area contributed by atoms with Crippen molar-refractivity contribution in [3.8, 4) is 11.1 Å². The van der Waals surface area contributed by atoms with E-state index in [1.165, 1.54) is 0 Å². The van der Waals surface area contributed by atoms with Crippen LogP contribution in [0.2, 0.25) is 5.02 Å². The van der Waals surface area contributed by atoms with Crippen LogP contribution < -0.4 is 10.6 Å². The zero-order chi connectivity index (χ0) is 22.6. The van der Waals surface area contributed by atoms with E-state index in [0.29, 0.717) is 17.4 Å². The van der Waals surface area contributed by atoms with E-state index < -0.39 is 0 Å². The van der Waals surface area contributed by atoms with E-state index in [-0.39, 0.29) is 17.2 Å². The predicted octanol–water partition coefficient (Wildman–Crippen LogP) is 5.13. The van der Waals surface area contributed by atoms with Gasteiger partial charge in [0.1, 0.15) is 5.78 Å². The first-order valence-corrected chi connectivity index (χ1v) is 12.1. The number of ketones is 1. The van der Waals surface area contributed by atoms with Crippen molar-refractivity contribution in [1.29, 1.82) is 0 Å². The molecule has 2 saturated heterocycles. The topological polar surface area (TPSA) is 63.2 Å². The number of aromatic nitrogens is 1. The van der Waals surface area contributed by atoms with Crippen LogP contribution >= 0.6 is 11.6 Å². The van der Waals surface area contributed by atoms with Gasteiger partial charge in [0.25, 0.3) is 0 Å². The molecule has 1 aromatic carbocycles. The van der Waals surface area contributed by atoms with Gasteiger partial charge in [-0.15, -0.1) is 0 Å². The maximum Gasteiger partial charge on any atom is 0.143 e. The number of nitrogens with one attached hydrogen (secondary N) is 2. The van der Waals surface area contributed by atoms with Gasteiger partial charge in [-0.1, -0.05) is 23.7 Å². The zero-order valence-electron chi connectivity index (χ0n) is 19.1. The predicted molar refractivity (Wildman–Crippen MR) is 130 cm³/mol. The first-order valence-electron chi connectivity index (χ1n) is 11.7. The number of anilines is 1. The van der Waals surface area contributed by atoms with Crippen LogP contribution in [0.4, 0.5) is 5.69 Å². The molecule has 0 saturated carbocycles. The van der Waals surface area contributed by atoms with Crippen molar-refractivity contribution in [3.05, 3.63) is 47.2 Å². The second-order valence-electron chi connectivity index (χ2n) is 9.82. The van der Waals surface area contributed by atoms with Crippen LogP contribution in [-0.4, -0.2) is 42.6 Å². The summed E-state index contributed by atoms with van der Waals surface area (Å²) in [6, 6.07) is 10.3. The summed E-state index contributed by atoms with van der Waals surface area (Å²) in [7, 11) is 0. The monoisotopic (exact) mass is 455 g/mol. The summed E-state index contributed by atoms with van der Waals surface area (Å²) < 4.78 is 5.45. The molecule has 0 spiro atoms. The second-order valence-corrected chi connectivity index (χ2v) is 10.2. The van der Waals surface area contributed by atoms with Crippen LogP contribution in [0.25, 0.3) is 11.1 Å². The Morgan fingerprint density at radius 1 is 1.25 bits per heavy atom. The second kappa shape index (κ2) is 10.3. The van der Waals surface area contributed by atoms with E-state index in [2.05, 4.69) is 47.7 Å². The molecule has 172 valence electrons. The lowest BCUT2D eigenvalue weighted by atomic mass is 9.84.